The molecule has 2 N–H and O–H groups in total. The van der Waals surface area contributed by atoms with Crippen molar-refractivity contribution >= 4 is 27.5 Å². The fourth-order valence-electron chi connectivity index (χ4n) is 2.87. The molecule has 0 aliphatic carbocycles. The average Bonchev–Trinajstić information content (AvgIpc) is 3.09. The van der Waals surface area contributed by atoms with E-state index < -0.39 is 0 Å². The van der Waals surface area contributed by atoms with Crippen molar-refractivity contribution in [2.45, 2.75) is 25.5 Å². The van der Waals surface area contributed by atoms with Gasteiger partial charge in [-0.15, -0.1) is 0 Å². The van der Waals surface area contributed by atoms with Crippen molar-refractivity contribution in [3.8, 4) is 0 Å². The Balaban J connectivity index is 1.74. The van der Waals surface area contributed by atoms with Crippen LogP contribution in [0.25, 0.3) is 0 Å². The Kier molecular flexibility index (Phi) is 5.65. The second-order valence-electron chi connectivity index (χ2n) is 5.83. The molecule has 2 aromatic rings. The Morgan fingerprint density at radius 2 is 2.38 bits per heavy atom. The number of nitrogens with zero attached hydrogens (tertiary/aromatic N) is 2. The van der Waals surface area contributed by atoms with E-state index in [1.54, 1.807) is 13.2 Å². The highest BCUT2D eigenvalue weighted by Gasteiger charge is 2.18. The fraction of sp³-hybridized carbons (Fsp3) is 0.412. The zero-order valence-corrected chi connectivity index (χ0v) is 15.2. The maximum atomic E-state index is 12.5. The van der Waals surface area contributed by atoms with Crippen LogP contribution in [0.2, 0.25) is 0 Å². The number of methoxy groups -OCH3 is 1. The molecule has 3 rings (SSSR count). The molecule has 1 fully saturated rings. The van der Waals surface area contributed by atoms with Crippen molar-refractivity contribution in [3.05, 3.63) is 46.2 Å². The minimum atomic E-state index is -0.215. The van der Waals surface area contributed by atoms with Crippen LogP contribution >= 0.6 is 15.9 Å². The Hall–Kier alpha value is -1.70. The van der Waals surface area contributed by atoms with Crippen LogP contribution in [0.4, 0.5) is 5.69 Å². The van der Waals surface area contributed by atoms with Crippen molar-refractivity contribution in [3.63, 3.8) is 0 Å². The number of anilines is 1. The molecule has 128 valence electrons. The van der Waals surface area contributed by atoms with Crippen LogP contribution in [0, 0.1) is 0 Å². The molecule has 1 aliphatic heterocycles. The summed E-state index contributed by atoms with van der Waals surface area (Å²) in [7, 11) is 1.63. The molecule has 0 saturated carbocycles. The number of nitrogens with one attached hydrogen (secondary N) is 2. The molecule has 1 unspecified atom stereocenters. The van der Waals surface area contributed by atoms with E-state index in [9.17, 15) is 4.79 Å². The van der Waals surface area contributed by atoms with Gasteiger partial charge in [-0.2, -0.15) is 5.10 Å². The molecular weight excluding hydrogens is 372 g/mol. The van der Waals surface area contributed by atoms with E-state index in [1.165, 1.54) is 0 Å². The first kappa shape index (κ1) is 17.1. The Bertz CT molecular complexity index is 710. The number of carbonyl (C=O) groups excluding carboxylic acids is 1. The lowest BCUT2D eigenvalue weighted by molar-refractivity contribution is 0.102. The lowest BCUT2D eigenvalue weighted by Gasteiger charge is -2.22. The summed E-state index contributed by atoms with van der Waals surface area (Å²) in [6, 6.07) is 7.74. The van der Waals surface area contributed by atoms with E-state index in [0.717, 1.165) is 41.7 Å². The van der Waals surface area contributed by atoms with E-state index in [0.29, 0.717) is 18.3 Å². The molecule has 1 atom stereocenters. The van der Waals surface area contributed by atoms with Crippen molar-refractivity contribution in [2.75, 3.05) is 25.5 Å². The van der Waals surface area contributed by atoms with Crippen LogP contribution in [0.5, 0.6) is 0 Å². The maximum Gasteiger partial charge on any atom is 0.276 e. The topological polar surface area (TPSA) is 68.2 Å². The number of benzene rings is 1. The lowest BCUT2D eigenvalue weighted by atomic mass is 10.1. The first-order valence-corrected chi connectivity index (χ1v) is 8.82. The Morgan fingerprint density at radius 3 is 3.12 bits per heavy atom. The zero-order valence-electron chi connectivity index (χ0n) is 13.6. The number of hydrogen-bond donors (Lipinski definition) is 2. The van der Waals surface area contributed by atoms with Gasteiger partial charge in [-0.1, -0.05) is 22.0 Å². The second kappa shape index (κ2) is 7.92. The zero-order chi connectivity index (χ0) is 16.9. The van der Waals surface area contributed by atoms with Gasteiger partial charge in [0.05, 0.1) is 12.6 Å². The third-order valence-electron chi connectivity index (χ3n) is 4.14. The minimum absolute atomic E-state index is 0.215. The molecule has 1 aliphatic rings. The van der Waals surface area contributed by atoms with E-state index in [-0.39, 0.29) is 5.91 Å². The van der Waals surface area contributed by atoms with Gasteiger partial charge >= 0.3 is 0 Å². The van der Waals surface area contributed by atoms with Crippen LogP contribution in [0.15, 0.2) is 34.9 Å². The predicted octanol–water partition coefficient (Wildman–Crippen LogP) is 2.97. The Morgan fingerprint density at radius 1 is 1.50 bits per heavy atom. The standard InChI is InChI=1S/C17H21BrN4O2/c1-24-11-13-14(18)5-2-6-15(13)20-17(23)16-7-9-22(21-16)12-4-3-8-19-10-12/h2,5-7,9,12,19H,3-4,8,10-11H2,1H3,(H,20,23). The highest BCUT2D eigenvalue weighted by molar-refractivity contribution is 9.10. The number of carbonyl (C=O) groups is 1. The van der Waals surface area contributed by atoms with Gasteiger partial charge in [0, 0.05) is 35.6 Å². The van der Waals surface area contributed by atoms with E-state index in [2.05, 4.69) is 31.7 Å². The van der Waals surface area contributed by atoms with Crippen LogP contribution in [0.1, 0.15) is 34.9 Å². The minimum Gasteiger partial charge on any atom is -0.380 e. The molecule has 0 spiro atoms. The summed E-state index contributed by atoms with van der Waals surface area (Å²) in [6.45, 7) is 2.36. The molecule has 1 saturated heterocycles. The smallest absolute Gasteiger partial charge is 0.276 e. The van der Waals surface area contributed by atoms with Crippen molar-refractivity contribution in [1.29, 1.82) is 0 Å². The van der Waals surface area contributed by atoms with Crippen LogP contribution in [0.3, 0.4) is 0 Å². The molecule has 7 heteroatoms. The predicted molar refractivity (Wildman–Crippen MR) is 96.2 cm³/mol. The average molecular weight is 393 g/mol. The van der Waals surface area contributed by atoms with E-state index in [4.69, 9.17) is 4.74 Å². The molecule has 6 nitrogen and oxygen atoms in total. The number of rotatable bonds is 5. The monoisotopic (exact) mass is 392 g/mol. The number of halogens is 1. The number of aromatic nitrogens is 2. The van der Waals surface area contributed by atoms with Crippen molar-refractivity contribution in [1.82, 2.24) is 15.1 Å². The van der Waals surface area contributed by atoms with Gasteiger partial charge in [0.15, 0.2) is 5.69 Å². The molecule has 24 heavy (non-hydrogen) atoms. The number of ether oxygens (including phenoxy) is 1. The second-order valence-corrected chi connectivity index (χ2v) is 6.69. The lowest BCUT2D eigenvalue weighted by Crippen LogP contribution is -2.32. The molecular formula is C17H21BrN4O2. The van der Waals surface area contributed by atoms with Crippen molar-refractivity contribution < 1.29 is 9.53 Å². The number of amides is 1. The summed E-state index contributed by atoms with van der Waals surface area (Å²) in [5.74, 6) is -0.215. The molecule has 0 bridgehead atoms. The van der Waals surface area contributed by atoms with Crippen LogP contribution in [-0.4, -0.2) is 35.9 Å². The summed E-state index contributed by atoms with van der Waals surface area (Å²) in [5.41, 5.74) is 2.05. The van der Waals surface area contributed by atoms with Gasteiger partial charge < -0.3 is 15.4 Å². The number of piperidine rings is 1. The van der Waals surface area contributed by atoms with Gasteiger partial charge in [0.1, 0.15) is 0 Å². The number of hydrogen-bond acceptors (Lipinski definition) is 4. The maximum absolute atomic E-state index is 12.5. The largest absolute Gasteiger partial charge is 0.380 e. The molecule has 1 aromatic carbocycles. The fourth-order valence-corrected chi connectivity index (χ4v) is 3.36. The summed E-state index contributed by atoms with van der Waals surface area (Å²) < 4.78 is 8.00. The molecule has 0 radical (unpaired) electrons. The van der Waals surface area contributed by atoms with Gasteiger partial charge in [0.25, 0.3) is 5.91 Å². The van der Waals surface area contributed by atoms with Crippen molar-refractivity contribution in [2.24, 2.45) is 0 Å². The first-order chi connectivity index (χ1) is 11.7. The Labute approximate surface area is 149 Å². The van der Waals surface area contributed by atoms with Crippen LogP contribution in [-0.2, 0) is 11.3 Å². The van der Waals surface area contributed by atoms with Crippen LogP contribution < -0.4 is 10.6 Å². The quantitative estimate of drug-likeness (QED) is 0.820. The third-order valence-corrected chi connectivity index (χ3v) is 4.88. The first-order valence-electron chi connectivity index (χ1n) is 8.02. The normalized spacial score (nSPS) is 17.7. The SMILES string of the molecule is COCc1c(Br)cccc1NC(=O)c1ccn(C2CCCNC2)n1. The van der Waals surface area contributed by atoms with E-state index >= 15 is 0 Å². The summed E-state index contributed by atoms with van der Waals surface area (Å²) >= 11 is 3.49. The summed E-state index contributed by atoms with van der Waals surface area (Å²) in [6.07, 6.45) is 4.09. The molecule has 1 aromatic heterocycles. The van der Waals surface area contributed by atoms with Gasteiger partial charge in [-0.3, -0.25) is 9.48 Å². The van der Waals surface area contributed by atoms with Gasteiger partial charge in [-0.25, -0.2) is 0 Å². The van der Waals surface area contributed by atoms with E-state index in [1.807, 2.05) is 29.1 Å². The third kappa shape index (κ3) is 3.85. The van der Waals surface area contributed by atoms with Gasteiger partial charge in [-0.05, 0) is 37.6 Å². The molecule has 1 amide bonds. The van der Waals surface area contributed by atoms with Gasteiger partial charge in [0.2, 0.25) is 0 Å². The highest BCUT2D eigenvalue weighted by Crippen LogP contribution is 2.26. The highest BCUT2D eigenvalue weighted by atomic mass is 79.9. The summed E-state index contributed by atoms with van der Waals surface area (Å²) in [5, 5.41) is 10.7. The summed E-state index contributed by atoms with van der Waals surface area (Å²) in [4.78, 5) is 12.5. The molecule has 2 heterocycles.